The Balaban J connectivity index is 1.40. The molecule has 0 N–H and O–H groups in total. The number of halogens is 3. The maximum atomic E-state index is 12.9. The van der Waals surface area contributed by atoms with Gasteiger partial charge in [0, 0.05) is 18.5 Å². The Morgan fingerprint density at radius 1 is 1.06 bits per heavy atom. The van der Waals surface area contributed by atoms with Gasteiger partial charge >= 0.3 is 12.1 Å². The molecule has 0 aliphatic carbocycles. The predicted octanol–water partition coefficient (Wildman–Crippen LogP) is 4.47. The molecule has 0 radical (unpaired) electrons. The minimum atomic E-state index is -4.76. The van der Waals surface area contributed by atoms with Crippen LogP contribution in [0.1, 0.15) is 11.3 Å². The maximum absolute atomic E-state index is 12.9. The number of alkyl halides is 3. The van der Waals surface area contributed by atoms with Crippen LogP contribution in [0.3, 0.4) is 0 Å². The number of benzene rings is 1. The molecule has 0 saturated heterocycles. The minimum absolute atomic E-state index is 0.0920. The first-order valence-corrected chi connectivity index (χ1v) is 10.1. The molecule has 0 fully saturated rings. The van der Waals surface area contributed by atoms with E-state index < -0.39 is 12.1 Å². The van der Waals surface area contributed by atoms with Crippen molar-refractivity contribution in [3.8, 4) is 28.3 Å². The lowest BCUT2D eigenvalue weighted by Gasteiger charge is -2.09. The molecule has 0 spiro atoms. The fraction of sp³-hybridized carbons (Fsp3) is 0.130. The monoisotopic (exact) mass is 467 g/mol. The molecule has 0 aliphatic rings. The van der Waals surface area contributed by atoms with Gasteiger partial charge in [0.2, 0.25) is 0 Å². The first-order chi connectivity index (χ1) is 16.3. The van der Waals surface area contributed by atoms with Crippen molar-refractivity contribution in [1.29, 1.82) is 0 Å². The Kier molecular flexibility index (Phi) is 5.16. The van der Waals surface area contributed by atoms with E-state index in [2.05, 4.69) is 20.0 Å². The molecule has 172 valence electrons. The number of hydrogen-bond donors (Lipinski definition) is 0. The molecule has 0 atom stereocenters. The summed E-state index contributed by atoms with van der Waals surface area (Å²) in [7, 11) is 0. The number of fused-ring (bicyclic) bond motifs is 1. The zero-order valence-corrected chi connectivity index (χ0v) is 17.7. The van der Waals surface area contributed by atoms with E-state index >= 15 is 0 Å². The number of aromatic nitrogens is 5. The van der Waals surface area contributed by atoms with Crippen molar-refractivity contribution in [3.05, 3.63) is 88.7 Å². The molecule has 0 aliphatic heterocycles. The first kappa shape index (κ1) is 21.4. The topological polar surface area (TPSA) is 87.5 Å². The van der Waals surface area contributed by atoms with Gasteiger partial charge in [0.1, 0.15) is 17.1 Å². The van der Waals surface area contributed by atoms with E-state index in [-0.39, 0.29) is 12.3 Å². The number of pyridine rings is 2. The lowest BCUT2D eigenvalue weighted by atomic mass is 10.1. The van der Waals surface area contributed by atoms with Crippen molar-refractivity contribution in [3.63, 3.8) is 0 Å². The van der Waals surface area contributed by atoms with E-state index in [1.165, 1.54) is 33.3 Å². The smallest absolute Gasteiger partial charge is 0.406 e. The fourth-order valence-electron chi connectivity index (χ4n) is 3.54. The third-order valence-electron chi connectivity index (χ3n) is 5.11. The summed E-state index contributed by atoms with van der Waals surface area (Å²) in [5, 5.41) is 8.34. The van der Waals surface area contributed by atoms with Crippen molar-refractivity contribution in [2.45, 2.75) is 19.8 Å². The fourth-order valence-corrected chi connectivity index (χ4v) is 3.54. The Bertz CT molecular complexity index is 1530. The summed E-state index contributed by atoms with van der Waals surface area (Å²) in [5.74, 6) is 0.167. The SMILES string of the molecule is Cc1cccnc1-c1cc(Cn2nc3ccc(-c4ccc(OC(F)(F)F)cc4)cn3c2=O)no1. The molecule has 0 amide bonds. The van der Waals surface area contributed by atoms with E-state index in [1.54, 1.807) is 30.6 Å². The highest BCUT2D eigenvalue weighted by atomic mass is 19.4. The van der Waals surface area contributed by atoms with Crippen LogP contribution < -0.4 is 10.4 Å². The Morgan fingerprint density at radius 2 is 1.82 bits per heavy atom. The first-order valence-electron chi connectivity index (χ1n) is 10.1. The molecule has 0 saturated carbocycles. The van der Waals surface area contributed by atoms with Crippen LogP contribution in [0.2, 0.25) is 0 Å². The molecule has 5 rings (SSSR count). The zero-order chi connectivity index (χ0) is 23.9. The van der Waals surface area contributed by atoms with Crippen molar-refractivity contribution in [1.82, 2.24) is 24.3 Å². The summed E-state index contributed by atoms with van der Waals surface area (Å²) in [6.45, 7) is 2.00. The molecule has 0 bridgehead atoms. The van der Waals surface area contributed by atoms with Crippen LogP contribution in [0.15, 0.2) is 76.3 Å². The zero-order valence-electron chi connectivity index (χ0n) is 17.7. The minimum Gasteiger partial charge on any atom is -0.406 e. The van der Waals surface area contributed by atoms with E-state index in [4.69, 9.17) is 4.52 Å². The van der Waals surface area contributed by atoms with E-state index in [9.17, 15) is 18.0 Å². The van der Waals surface area contributed by atoms with Gasteiger partial charge in [-0.1, -0.05) is 23.4 Å². The number of hydrogen-bond acceptors (Lipinski definition) is 6. The quantitative estimate of drug-likeness (QED) is 0.379. The van der Waals surface area contributed by atoms with Crippen molar-refractivity contribution < 1.29 is 22.4 Å². The summed E-state index contributed by atoms with van der Waals surface area (Å²) in [6.07, 6.45) is -1.53. The highest BCUT2D eigenvalue weighted by Gasteiger charge is 2.31. The van der Waals surface area contributed by atoms with Gasteiger partial charge in [-0.3, -0.25) is 4.98 Å². The molecular weight excluding hydrogens is 451 g/mol. The van der Waals surface area contributed by atoms with E-state index in [1.807, 2.05) is 19.1 Å². The number of aryl methyl sites for hydroxylation is 1. The van der Waals surface area contributed by atoms with Crippen molar-refractivity contribution in [2.24, 2.45) is 0 Å². The second kappa shape index (κ2) is 8.18. The molecule has 34 heavy (non-hydrogen) atoms. The number of rotatable bonds is 5. The van der Waals surface area contributed by atoms with Gasteiger partial charge in [-0.2, -0.15) is 0 Å². The molecule has 0 unspecified atom stereocenters. The number of ether oxygens (including phenoxy) is 1. The lowest BCUT2D eigenvalue weighted by Crippen LogP contribution is -2.21. The average Bonchev–Trinajstić information content (AvgIpc) is 3.38. The summed E-state index contributed by atoms with van der Waals surface area (Å²) < 4.78 is 49.0. The lowest BCUT2D eigenvalue weighted by molar-refractivity contribution is -0.274. The summed E-state index contributed by atoms with van der Waals surface area (Å²) in [4.78, 5) is 17.2. The largest absolute Gasteiger partial charge is 0.573 e. The van der Waals surface area contributed by atoms with Crippen molar-refractivity contribution >= 4 is 5.65 Å². The third-order valence-corrected chi connectivity index (χ3v) is 5.11. The van der Waals surface area contributed by atoms with Gasteiger partial charge < -0.3 is 9.26 Å². The van der Waals surface area contributed by atoms with Crippen LogP contribution in [0.25, 0.3) is 28.2 Å². The molecule has 8 nitrogen and oxygen atoms in total. The molecule has 11 heteroatoms. The van der Waals surface area contributed by atoms with Crippen molar-refractivity contribution in [2.75, 3.05) is 0 Å². The molecular formula is C23H16F3N5O3. The van der Waals surface area contributed by atoms with Crippen LogP contribution in [0.5, 0.6) is 5.75 Å². The highest BCUT2D eigenvalue weighted by Crippen LogP contribution is 2.26. The standard InChI is InChI=1S/C23H16F3N5O3/c1-14-3-2-10-27-21(14)19-11-17(29-34-19)13-31-22(32)30-12-16(6-9-20(30)28-31)15-4-7-18(8-5-15)33-23(24,25)26/h2-12H,13H2,1H3. The van der Waals surface area contributed by atoms with Gasteiger partial charge in [-0.05, 0) is 53.9 Å². The van der Waals surface area contributed by atoms with Gasteiger partial charge in [0.05, 0.1) is 6.54 Å². The van der Waals surface area contributed by atoms with E-state index in [0.29, 0.717) is 33.9 Å². The van der Waals surface area contributed by atoms with Crippen LogP contribution in [-0.2, 0) is 6.54 Å². The highest BCUT2D eigenvalue weighted by molar-refractivity contribution is 5.65. The summed E-state index contributed by atoms with van der Waals surface area (Å²) in [6, 6.07) is 14.2. The molecule has 1 aromatic carbocycles. The summed E-state index contributed by atoms with van der Waals surface area (Å²) >= 11 is 0. The van der Waals surface area contributed by atoms with Crippen LogP contribution >= 0.6 is 0 Å². The number of nitrogens with zero attached hydrogens (tertiary/aromatic N) is 5. The van der Waals surface area contributed by atoms with Gasteiger partial charge in [0.15, 0.2) is 11.4 Å². The second-order valence-corrected chi connectivity index (χ2v) is 7.51. The van der Waals surface area contributed by atoms with Crippen LogP contribution in [0, 0.1) is 6.92 Å². The Hall–Kier alpha value is -4.41. The summed E-state index contributed by atoms with van der Waals surface area (Å²) in [5.41, 5.74) is 3.36. The van der Waals surface area contributed by atoms with Crippen LogP contribution in [-0.4, -0.2) is 30.7 Å². The van der Waals surface area contributed by atoms with E-state index in [0.717, 1.165) is 5.56 Å². The average molecular weight is 467 g/mol. The second-order valence-electron chi connectivity index (χ2n) is 7.51. The maximum Gasteiger partial charge on any atom is 0.573 e. The molecule has 4 heterocycles. The van der Waals surface area contributed by atoms with Gasteiger partial charge in [-0.15, -0.1) is 18.3 Å². The third kappa shape index (κ3) is 4.27. The predicted molar refractivity (Wildman–Crippen MR) is 115 cm³/mol. The Labute approximate surface area is 189 Å². The molecule has 5 aromatic rings. The normalized spacial score (nSPS) is 11.8. The van der Waals surface area contributed by atoms with Gasteiger partial charge in [-0.25, -0.2) is 13.9 Å². The van der Waals surface area contributed by atoms with Gasteiger partial charge in [0.25, 0.3) is 0 Å². The molecule has 4 aromatic heterocycles. The Morgan fingerprint density at radius 3 is 2.56 bits per heavy atom. The van der Waals surface area contributed by atoms with Crippen LogP contribution in [0.4, 0.5) is 13.2 Å².